The standard InChI is InChI=1S/C8H12IN3/c1-3-6(2)12-8-7(9)4-10-5-11-8/h4-6H,3H2,1-2H3,(H,10,11,12). The molecular formula is C8H12IN3. The Bertz CT molecular complexity index is 252. The van der Waals surface area contributed by atoms with Crippen molar-refractivity contribution < 1.29 is 0 Å². The maximum atomic E-state index is 4.14. The van der Waals surface area contributed by atoms with Gasteiger partial charge in [0.2, 0.25) is 0 Å². The quantitative estimate of drug-likeness (QED) is 0.861. The maximum absolute atomic E-state index is 4.14. The summed E-state index contributed by atoms with van der Waals surface area (Å²) in [5.74, 6) is 0.931. The summed E-state index contributed by atoms with van der Waals surface area (Å²) >= 11 is 2.22. The van der Waals surface area contributed by atoms with Crippen LogP contribution in [0.25, 0.3) is 0 Å². The van der Waals surface area contributed by atoms with E-state index < -0.39 is 0 Å². The summed E-state index contributed by atoms with van der Waals surface area (Å²) in [6, 6.07) is 0.466. The van der Waals surface area contributed by atoms with Crippen LogP contribution in [0.2, 0.25) is 0 Å². The Kier molecular flexibility index (Phi) is 3.71. The topological polar surface area (TPSA) is 37.8 Å². The summed E-state index contributed by atoms with van der Waals surface area (Å²) in [5.41, 5.74) is 0. The molecule has 0 bridgehead atoms. The molecule has 66 valence electrons. The van der Waals surface area contributed by atoms with Crippen molar-refractivity contribution in [3.8, 4) is 0 Å². The first kappa shape index (κ1) is 9.70. The minimum atomic E-state index is 0.466. The van der Waals surface area contributed by atoms with E-state index in [1.807, 2.05) is 0 Å². The van der Waals surface area contributed by atoms with Crippen LogP contribution in [0.3, 0.4) is 0 Å². The van der Waals surface area contributed by atoms with Crippen LogP contribution in [0.4, 0.5) is 5.82 Å². The number of nitrogens with zero attached hydrogens (tertiary/aromatic N) is 2. The van der Waals surface area contributed by atoms with E-state index in [1.54, 1.807) is 12.5 Å². The van der Waals surface area contributed by atoms with E-state index in [0.29, 0.717) is 6.04 Å². The van der Waals surface area contributed by atoms with E-state index in [2.05, 4.69) is 51.7 Å². The highest BCUT2D eigenvalue weighted by Crippen LogP contribution is 2.13. The third kappa shape index (κ3) is 2.58. The molecule has 1 atom stereocenters. The zero-order valence-electron chi connectivity index (χ0n) is 7.21. The summed E-state index contributed by atoms with van der Waals surface area (Å²) in [5, 5.41) is 3.30. The van der Waals surface area contributed by atoms with Gasteiger partial charge in [-0.1, -0.05) is 6.92 Å². The van der Waals surface area contributed by atoms with E-state index in [-0.39, 0.29) is 0 Å². The van der Waals surface area contributed by atoms with E-state index in [1.165, 1.54) is 0 Å². The molecule has 0 fully saturated rings. The minimum Gasteiger partial charge on any atom is -0.367 e. The molecule has 1 aromatic rings. The molecule has 0 amide bonds. The zero-order valence-corrected chi connectivity index (χ0v) is 9.37. The molecule has 4 heteroatoms. The van der Waals surface area contributed by atoms with Gasteiger partial charge < -0.3 is 5.32 Å². The number of nitrogens with one attached hydrogen (secondary N) is 1. The molecular weight excluding hydrogens is 265 g/mol. The Morgan fingerprint density at radius 1 is 1.67 bits per heavy atom. The number of hydrogen-bond acceptors (Lipinski definition) is 3. The third-order valence-electron chi connectivity index (χ3n) is 1.66. The van der Waals surface area contributed by atoms with Crippen LogP contribution in [0.15, 0.2) is 12.5 Å². The SMILES string of the molecule is CCC(C)Nc1ncncc1I. The van der Waals surface area contributed by atoms with Crippen LogP contribution in [0.5, 0.6) is 0 Å². The molecule has 0 saturated heterocycles. The Morgan fingerprint density at radius 3 is 3.00 bits per heavy atom. The number of aromatic nitrogens is 2. The molecule has 3 nitrogen and oxygen atoms in total. The maximum Gasteiger partial charge on any atom is 0.143 e. The molecule has 1 unspecified atom stereocenters. The highest BCUT2D eigenvalue weighted by atomic mass is 127. The first-order valence-corrected chi connectivity index (χ1v) is 5.04. The molecule has 0 radical (unpaired) electrons. The van der Waals surface area contributed by atoms with Gasteiger partial charge in [-0.05, 0) is 35.9 Å². The Labute approximate surface area is 86.1 Å². The summed E-state index contributed by atoms with van der Waals surface area (Å²) < 4.78 is 1.07. The van der Waals surface area contributed by atoms with Gasteiger partial charge in [-0.2, -0.15) is 0 Å². The summed E-state index contributed by atoms with van der Waals surface area (Å²) in [6.07, 6.45) is 4.46. The molecule has 0 saturated carbocycles. The predicted octanol–water partition coefficient (Wildman–Crippen LogP) is 2.29. The van der Waals surface area contributed by atoms with Crippen molar-refractivity contribution in [3.05, 3.63) is 16.1 Å². The Balaban J connectivity index is 2.69. The van der Waals surface area contributed by atoms with Crippen molar-refractivity contribution in [2.45, 2.75) is 26.3 Å². The molecule has 1 heterocycles. The van der Waals surface area contributed by atoms with Gasteiger partial charge in [0.15, 0.2) is 0 Å². The fourth-order valence-corrected chi connectivity index (χ4v) is 1.21. The van der Waals surface area contributed by atoms with Crippen molar-refractivity contribution in [2.75, 3.05) is 5.32 Å². The second-order valence-corrected chi connectivity index (χ2v) is 3.84. The predicted molar refractivity (Wildman–Crippen MR) is 58.1 cm³/mol. The highest BCUT2D eigenvalue weighted by Gasteiger charge is 2.02. The second-order valence-electron chi connectivity index (χ2n) is 2.67. The highest BCUT2D eigenvalue weighted by molar-refractivity contribution is 14.1. The first-order valence-electron chi connectivity index (χ1n) is 3.96. The van der Waals surface area contributed by atoms with Crippen LogP contribution in [0.1, 0.15) is 20.3 Å². The summed E-state index contributed by atoms with van der Waals surface area (Å²) in [6.45, 7) is 4.28. The molecule has 1 aromatic heterocycles. The van der Waals surface area contributed by atoms with Gasteiger partial charge in [-0.25, -0.2) is 9.97 Å². The molecule has 0 aliphatic heterocycles. The van der Waals surface area contributed by atoms with Gasteiger partial charge in [-0.15, -0.1) is 0 Å². The lowest BCUT2D eigenvalue weighted by molar-refractivity contribution is 0.757. The zero-order chi connectivity index (χ0) is 8.97. The van der Waals surface area contributed by atoms with Crippen LogP contribution < -0.4 is 5.32 Å². The van der Waals surface area contributed by atoms with Gasteiger partial charge >= 0.3 is 0 Å². The molecule has 12 heavy (non-hydrogen) atoms. The molecule has 0 aromatic carbocycles. The Hall–Kier alpha value is -0.390. The number of hydrogen-bond donors (Lipinski definition) is 1. The van der Waals surface area contributed by atoms with E-state index in [0.717, 1.165) is 15.8 Å². The smallest absolute Gasteiger partial charge is 0.143 e. The van der Waals surface area contributed by atoms with Gasteiger partial charge in [-0.3, -0.25) is 0 Å². The van der Waals surface area contributed by atoms with Gasteiger partial charge in [0.25, 0.3) is 0 Å². The molecule has 1 rings (SSSR count). The van der Waals surface area contributed by atoms with Crippen molar-refractivity contribution in [1.29, 1.82) is 0 Å². The summed E-state index contributed by atoms with van der Waals surface area (Å²) in [4.78, 5) is 8.06. The van der Waals surface area contributed by atoms with Crippen molar-refractivity contribution in [2.24, 2.45) is 0 Å². The lowest BCUT2D eigenvalue weighted by atomic mass is 10.2. The Morgan fingerprint density at radius 2 is 2.42 bits per heavy atom. The number of rotatable bonds is 3. The monoisotopic (exact) mass is 277 g/mol. The van der Waals surface area contributed by atoms with Crippen molar-refractivity contribution in [3.63, 3.8) is 0 Å². The van der Waals surface area contributed by atoms with Crippen LogP contribution >= 0.6 is 22.6 Å². The first-order chi connectivity index (χ1) is 5.74. The fourth-order valence-electron chi connectivity index (χ4n) is 0.754. The van der Waals surface area contributed by atoms with Crippen LogP contribution in [-0.4, -0.2) is 16.0 Å². The van der Waals surface area contributed by atoms with Crippen molar-refractivity contribution in [1.82, 2.24) is 9.97 Å². The average molecular weight is 277 g/mol. The fraction of sp³-hybridized carbons (Fsp3) is 0.500. The van der Waals surface area contributed by atoms with Crippen LogP contribution in [0, 0.1) is 3.57 Å². The minimum absolute atomic E-state index is 0.466. The van der Waals surface area contributed by atoms with E-state index in [9.17, 15) is 0 Å². The number of halogens is 1. The van der Waals surface area contributed by atoms with Gasteiger partial charge in [0.1, 0.15) is 12.1 Å². The summed E-state index contributed by atoms with van der Waals surface area (Å²) in [7, 11) is 0. The lowest BCUT2D eigenvalue weighted by Crippen LogP contribution is -2.15. The second kappa shape index (κ2) is 4.59. The lowest BCUT2D eigenvalue weighted by Gasteiger charge is -2.12. The van der Waals surface area contributed by atoms with Gasteiger partial charge in [0.05, 0.1) is 3.57 Å². The third-order valence-corrected chi connectivity index (χ3v) is 2.45. The normalized spacial score (nSPS) is 12.6. The molecule has 0 aliphatic carbocycles. The van der Waals surface area contributed by atoms with E-state index in [4.69, 9.17) is 0 Å². The number of anilines is 1. The largest absolute Gasteiger partial charge is 0.367 e. The van der Waals surface area contributed by atoms with Crippen LogP contribution in [-0.2, 0) is 0 Å². The molecule has 0 aliphatic rings. The molecule has 0 spiro atoms. The molecule has 1 N–H and O–H groups in total. The van der Waals surface area contributed by atoms with Gasteiger partial charge in [0, 0.05) is 12.2 Å². The van der Waals surface area contributed by atoms with E-state index >= 15 is 0 Å². The van der Waals surface area contributed by atoms with Crippen molar-refractivity contribution >= 4 is 28.4 Å². The average Bonchev–Trinajstić information content (AvgIpc) is 2.09.